The molecule has 6 heterocycles. The highest BCUT2D eigenvalue weighted by molar-refractivity contribution is 6.15. The maximum atomic E-state index is 5.29. The Bertz CT molecular complexity index is 7210. The highest BCUT2D eigenvalue weighted by Gasteiger charge is 2.25. The van der Waals surface area contributed by atoms with E-state index in [2.05, 4.69) is 358 Å². The summed E-state index contributed by atoms with van der Waals surface area (Å²) in [4.78, 5) is 31.4. The first-order valence-corrected chi connectivity index (χ1v) is 39.9. The minimum atomic E-state index is 0.565. The van der Waals surface area contributed by atoms with Gasteiger partial charge in [-0.05, 0) is 166 Å². The first-order chi connectivity index (χ1) is 58.5. The van der Waals surface area contributed by atoms with Gasteiger partial charge in [-0.15, -0.1) is 0 Å². The molecule has 0 spiro atoms. The fraction of sp³-hybridized carbons (Fsp3) is 0. The molecule has 0 N–H and O–H groups in total. The molecule has 6 aromatic heterocycles. The van der Waals surface area contributed by atoms with Crippen LogP contribution < -0.4 is 0 Å². The second kappa shape index (κ2) is 28.0. The largest absolute Gasteiger partial charge is 0.309 e. The van der Waals surface area contributed by atoms with E-state index in [1.54, 1.807) is 0 Å². The van der Waals surface area contributed by atoms with Crippen LogP contribution in [-0.2, 0) is 0 Å². The molecule has 0 saturated carbocycles. The first kappa shape index (κ1) is 67.6. The Balaban J connectivity index is 0.726. The van der Waals surface area contributed by atoms with Crippen molar-refractivity contribution in [2.75, 3.05) is 0 Å². The number of aromatic nitrogens is 10. The molecule has 10 heteroatoms. The van der Waals surface area contributed by atoms with Crippen LogP contribution in [0.25, 0.3) is 223 Å². The van der Waals surface area contributed by atoms with Gasteiger partial charge in [-0.25, -0.2) is 29.9 Å². The Labute approximate surface area is 679 Å². The lowest BCUT2D eigenvalue weighted by Gasteiger charge is -2.20. The molecule has 118 heavy (non-hydrogen) atoms. The zero-order chi connectivity index (χ0) is 77.7. The number of hydrogen-bond acceptors (Lipinski definition) is 6. The summed E-state index contributed by atoms with van der Waals surface area (Å²) < 4.78 is 9.64. The maximum absolute atomic E-state index is 5.29. The van der Waals surface area contributed by atoms with Gasteiger partial charge in [-0.2, -0.15) is 0 Å². The Morgan fingerprint density at radius 2 is 0.339 bits per heavy atom. The van der Waals surface area contributed by atoms with Gasteiger partial charge in [0.1, 0.15) is 0 Å². The molecule has 0 unspecified atom stereocenters. The standard InChI is InChI=1S/C108H68N10/c1-5-27-71(28-6-1)103-109-104(72-29-7-2-8-30-72)112-107(111-103)77-37-25-35-75(63-77)91-67-90(70-53-57-80(58-54-70)116-100-50-24-18-44-88(100)94-66-82(60-62-102(94)116)118-97-47-21-15-41-85(97)86-42-16-22-48-98(86)118)92(76-36-26-38-78(64-76)108-113-105(73-31-9-3-10-32-73)110-106(114-108)74-33-11-4-12-34-74)68-89(91)69-51-55-79(56-52-69)115-99-49-23-17-43-87(99)93-65-81(59-61-101(93)115)117-95-45-19-13-39-83(95)84-40-14-20-46-96(84)117/h1-68H. The van der Waals surface area contributed by atoms with Crippen molar-refractivity contribution in [2.45, 2.75) is 0 Å². The fourth-order valence-electron chi connectivity index (χ4n) is 17.8. The van der Waals surface area contributed by atoms with E-state index >= 15 is 0 Å². The number of nitrogens with zero attached hydrogens (tertiary/aromatic N) is 10. The molecule has 0 atom stereocenters. The van der Waals surface area contributed by atoms with Crippen LogP contribution in [0.3, 0.4) is 0 Å². The van der Waals surface area contributed by atoms with Crippen molar-refractivity contribution in [3.8, 4) is 136 Å². The quantitative estimate of drug-likeness (QED) is 0.108. The summed E-state index contributed by atoms with van der Waals surface area (Å²) in [6.45, 7) is 0. The highest BCUT2D eigenvalue weighted by atomic mass is 15.1. The molecule has 0 radical (unpaired) electrons. The molecule has 0 saturated heterocycles. The number of hydrogen-bond donors (Lipinski definition) is 0. The molecule has 0 amide bonds. The molecule has 0 aliphatic carbocycles. The molecule has 0 bridgehead atoms. The summed E-state index contributed by atoms with van der Waals surface area (Å²) in [5.74, 6) is 3.50. The minimum Gasteiger partial charge on any atom is -0.309 e. The minimum absolute atomic E-state index is 0.565. The van der Waals surface area contributed by atoms with E-state index in [1.807, 2.05) is 72.8 Å². The van der Waals surface area contributed by atoms with Crippen molar-refractivity contribution in [1.29, 1.82) is 0 Å². The van der Waals surface area contributed by atoms with E-state index in [-0.39, 0.29) is 0 Å². The molecule has 10 nitrogen and oxygen atoms in total. The second-order valence-corrected chi connectivity index (χ2v) is 30.1. The molecule has 23 aromatic rings. The lowest BCUT2D eigenvalue weighted by molar-refractivity contribution is 1.07. The van der Waals surface area contributed by atoms with E-state index in [0.29, 0.717) is 34.9 Å². The van der Waals surface area contributed by atoms with Crippen LogP contribution in [0, 0.1) is 0 Å². The summed E-state index contributed by atoms with van der Waals surface area (Å²) >= 11 is 0. The van der Waals surface area contributed by atoms with Gasteiger partial charge in [0.25, 0.3) is 0 Å². The summed E-state index contributed by atoms with van der Waals surface area (Å²) in [5, 5.41) is 9.63. The predicted octanol–water partition coefficient (Wildman–Crippen LogP) is 27.1. The van der Waals surface area contributed by atoms with Crippen LogP contribution >= 0.6 is 0 Å². The van der Waals surface area contributed by atoms with E-state index in [9.17, 15) is 0 Å². The predicted molar refractivity (Wildman–Crippen MR) is 485 cm³/mol. The van der Waals surface area contributed by atoms with Gasteiger partial charge in [0, 0.05) is 99.2 Å². The van der Waals surface area contributed by atoms with E-state index < -0.39 is 0 Å². The second-order valence-electron chi connectivity index (χ2n) is 30.1. The highest BCUT2D eigenvalue weighted by Crippen LogP contribution is 2.47. The first-order valence-electron chi connectivity index (χ1n) is 39.9. The third-order valence-electron chi connectivity index (χ3n) is 23.3. The van der Waals surface area contributed by atoms with E-state index in [1.165, 1.54) is 65.2 Å². The Kier molecular flexibility index (Phi) is 16.0. The van der Waals surface area contributed by atoms with Gasteiger partial charge in [0.2, 0.25) is 0 Å². The smallest absolute Gasteiger partial charge is 0.164 e. The van der Waals surface area contributed by atoms with Crippen molar-refractivity contribution < 1.29 is 0 Å². The Hall–Kier alpha value is -16.0. The molecular formula is C108H68N10. The lowest BCUT2D eigenvalue weighted by atomic mass is 9.85. The summed E-state index contributed by atoms with van der Waals surface area (Å²) in [6, 6.07) is 148. The van der Waals surface area contributed by atoms with Crippen LogP contribution in [0.5, 0.6) is 0 Å². The van der Waals surface area contributed by atoms with Crippen LogP contribution in [-0.4, -0.2) is 48.2 Å². The summed E-state index contributed by atoms with van der Waals surface area (Å²) in [6.07, 6.45) is 0. The third kappa shape index (κ3) is 11.5. The van der Waals surface area contributed by atoms with Crippen LogP contribution in [0.2, 0.25) is 0 Å². The van der Waals surface area contributed by atoms with Crippen molar-refractivity contribution >= 4 is 87.2 Å². The normalized spacial score (nSPS) is 11.7. The number of benzene rings is 17. The lowest BCUT2D eigenvalue weighted by Crippen LogP contribution is -2.00. The molecule has 550 valence electrons. The average Bonchev–Trinajstić information content (AvgIpc) is 1.55. The SMILES string of the molecule is c1ccc(-c2nc(-c3ccccc3)nc(-c3cccc(-c4cc(-c5ccc(-n6c7ccccc7c7cc(-n8c9ccccc9c9ccccc98)ccc76)cc5)c(-c5cccc(-c6nc(-c7ccccc7)nc(-c7ccccc7)n6)c5)cc4-c4ccc(-n5c6ccccc6c6cc(-n7c8ccccc8c8ccccc87)ccc65)cc4)c3)n2)cc1. The zero-order valence-electron chi connectivity index (χ0n) is 63.7. The topological polar surface area (TPSA) is 97.1 Å². The molecule has 0 aliphatic heterocycles. The van der Waals surface area contributed by atoms with Crippen molar-refractivity contribution in [3.05, 3.63) is 413 Å². The van der Waals surface area contributed by atoms with Gasteiger partial charge < -0.3 is 18.3 Å². The average molecular weight is 1510 g/mol. The van der Waals surface area contributed by atoms with E-state index in [0.717, 1.165) is 123 Å². The molecular weight excluding hydrogens is 1440 g/mol. The van der Waals surface area contributed by atoms with Crippen molar-refractivity contribution in [2.24, 2.45) is 0 Å². The van der Waals surface area contributed by atoms with Gasteiger partial charge >= 0.3 is 0 Å². The third-order valence-corrected chi connectivity index (χ3v) is 23.3. The molecule has 17 aromatic carbocycles. The zero-order valence-corrected chi connectivity index (χ0v) is 63.7. The van der Waals surface area contributed by atoms with Gasteiger partial charge in [-0.3, -0.25) is 0 Å². The molecule has 0 fully saturated rings. The Morgan fingerprint density at radius 3 is 0.636 bits per heavy atom. The van der Waals surface area contributed by atoms with Crippen LogP contribution in [0.1, 0.15) is 0 Å². The summed E-state index contributed by atoms with van der Waals surface area (Å²) in [5.41, 5.74) is 26.9. The number of fused-ring (bicyclic) bond motifs is 12. The van der Waals surface area contributed by atoms with Gasteiger partial charge in [0.15, 0.2) is 34.9 Å². The van der Waals surface area contributed by atoms with Gasteiger partial charge in [0.05, 0.1) is 44.1 Å². The monoisotopic (exact) mass is 1500 g/mol. The van der Waals surface area contributed by atoms with Crippen LogP contribution in [0.4, 0.5) is 0 Å². The maximum Gasteiger partial charge on any atom is 0.164 e. The van der Waals surface area contributed by atoms with Crippen molar-refractivity contribution in [1.82, 2.24) is 48.2 Å². The number of rotatable bonds is 14. The van der Waals surface area contributed by atoms with Crippen molar-refractivity contribution in [3.63, 3.8) is 0 Å². The number of para-hydroxylation sites is 6. The van der Waals surface area contributed by atoms with Crippen LogP contribution in [0.15, 0.2) is 413 Å². The molecule has 0 aliphatic rings. The van der Waals surface area contributed by atoms with E-state index in [4.69, 9.17) is 29.9 Å². The Morgan fingerprint density at radius 1 is 0.127 bits per heavy atom. The fourth-order valence-corrected chi connectivity index (χ4v) is 17.8. The molecule has 23 rings (SSSR count). The summed E-state index contributed by atoms with van der Waals surface area (Å²) in [7, 11) is 0. The van der Waals surface area contributed by atoms with Gasteiger partial charge in [-0.1, -0.05) is 291 Å².